The lowest BCUT2D eigenvalue weighted by atomic mass is 9.92. The smallest absolute Gasteiger partial charge is 0.251 e. The molecule has 102 valence electrons. The summed E-state index contributed by atoms with van der Waals surface area (Å²) in [6.07, 6.45) is -1.19. The minimum atomic E-state index is -2.23. The van der Waals surface area contributed by atoms with Gasteiger partial charge in [0.15, 0.2) is 0 Å². The third-order valence-corrected chi connectivity index (χ3v) is 3.97. The van der Waals surface area contributed by atoms with Crippen LogP contribution in [0.4, 0.5) is 8.78 Å². The lowest BCUT2D eigenvalue weighted by Gasteiger charge is -2.44. The lowest BCUT2D eigenvalue weighted by Crippen LogP contribution is -2.60. The molecule has 0 bridgehead atoms. The van der Waals surface area contributed by atoms with Crippen molar-refractivity contribution in [1.29, 1.82) is 0 Å². The fourth-order valence-corrected chi connectivity index (χ4v) is 2.52. The molecule has 0 aromatic heterocycles. The average molecular weight is 248 g/mol. The van der Waals surface area contributed by atoms with E-state index in [9.17, 15) is 8.78 Å². The number of rotatable bonds is 5. The summed E-state index contributed by atoms with van der Waals surface area (Å²) in [5, 5.41) is 3.50. The Morgan fingerprint density at radius 3 is 2.41 bits per heavy atom. The second kappa shape index (κ2) is 6.64. The van der Waals surface area contributed by atoms with E-state index in [1.165, 1.54) is 0 Å². The molecule has 3 unspecified atom stereocenters. The third kappa shape index (κ3) is 4.18. The molecule has 0 saturated carbocycles. The van der Waals surface area contributed by atoms with Gasteiger partial charge in [0.25, 0.3) is 6.43 Å². The SMILES string of the molecule is CCC(C)C1CNC(C(C)C)CN1CC(F)F. The summed E-state index contributed by atoms with van der Waals surface area (Å²) in [6, 6.07) is 0.595. The standard InChI is InChI=1S/C13H26F2N2/c1-5-10(4)12-6-16-11(9(2)3)7-17(12)8-13(14)15/h9-13,16H,5-8H2,1-4H3. The summed E-state index contributed by atoms with van der Waals surface area (Å²) in [5.74, 6) is 0.961. The van der Waals surface area contributed by atoms with Gasteiger partial charge in [0, 0.05) is 25.2 Å². The van der Waals surface area contributed by atoms with Crippen LogP contribution in [0.25, 0.3) is 0 Å². The van der Waals surface area contributed by atoms with Gasteiger partial charge in [-0.2, -0.15) is 0 Å². The lowest BCUT2D eigenvalue weighted by molar-refractivity contribution is 0.0193. The van der Waals surface area contributed by atoms with Crippen molar-refractivity contribution in [3.05, 3.63) is 0 Å². The average Bonchev–Trinajstić information content (AvgIpc) is 2.27. The molecule has 17 heavy (non-hydrogen) atoms. The first-order chi connectivity index (χ1) is 7.95. The van der Waals surface area contributed by atoms with Crippen LogP contribution in [0.15, 0.2) is 0 Å². The summed E-state index contributed by atoms with van der Waals surface area (Å²) >= 11 is 0. The number of piperazine rings is 1. The zero-order chi connectivity index (χ0) is 13.0. The number of nitrogens with one attached hydrogen (secondary N) is 1. The molecule has 1 aliphatic rings. The summed E-state index contributed by atoms with van der Waals surface area (Å²) in [4.78, 5) is 1.99. The molecule has 1 saturated heterocycles. The van der Waals surface area contributed by atoms with Crippen LogP contribution in [0.2, 0.25) is 0 Å². The highest BCUT2D eigenvalue weighted by molar-refractivity contribution is 4.89. The van der Waals surface area contributed by atoms with Gasteiger partial charge in [-0.15, -0.1) is 0 Å². The Kier molecular flexibility index (Phi) is 5.80. The zero-order valence-corrected chi connectivity index (χ0v) is 11.4. The largest absolute Gasteiger partial charge is 0.311 e. The van der Waals surface area contributed by atoms with Gasteiger partial charge in [-0.05, 0) is 11.8 Å². The molecule has 2 nitrogen and oxygen atoms in total. The Bertz CT molecular complexity index is 221. The van der Waals surface area contributed by atoms with Gasteiger partial charge in [0.1, 0.15) is 0 Å². The Balaban J connectivity index is 2.65. The van der Waals surface area contributed by atoms with Gasteiger partial charge < -0.3 is 5.32 Å². The van der Waals surface area contributed by atoms with Gasteiger partial charge in [-0.3, -0.25) is 4.90 Å². The van der Waals surface area contributed by atoms with Crippen LogP contribution < -0.4 is 5.32 Å². The Labute approximate surface area is 104 Å². The van der Waals surface area contributed by atoms with Crippen molar-refractivity contribution >= 4 is 0 Å². The van der Waals surface area contributed by atoms with Gasteiger partial charge in [0.2, 0.25) is 0 Å². The molecule has 1 fully saturated rings. The topological polar surface area (TPSA) is 15.3 Å². The van der Waals surface area contributed by atoms with Crippen molar-refractivity contribution in [1.82, 2.24) is 10.2 Å². The maximum absolute atomic E-state index is 12.6. The van der Waals surface area contributed by atoms with Crippen molar-refractivity contribution in [2.24, 2.45) is 11.8 Å². The van der Waals surface area contributed by atoms with Crippen LogP contribution >= 0.6 is 0 Å². The predicted octanol–water partition coefficient (Wildman–Crippen LogP) is 2.60. The number of alkyl halides is 2. The molecule has 4 heteroatoms. The molecule has 1 rings (SSSR count). The molecule has 3 atom stereocenters. The van der Waals surface area contributed by atoms with E-state index in [1.54, 1.807) is 0 Å². The van der Waals surface area contributed by atoms with Crippen LogP contribution in [-0.2, 0) is 0 Å². The van der Waals surface area contributed by atoms with E-state index in [2.05, 4.69) is 33.0 Å². The van der Waals surface area contributed by atoms with E-state index >= 15 is 0 Å². The Morgan fingerprint density at radius 1 is 1.29 bits per heavy atom. The van der Waals surface area contributed by atoms with E-state index in [-0.39, 0.29) is 12.6 Å². The highest BCUT2D eigenvalue weighted by Crippen LogP contribution is 2.21. The predicted molar refractivity (Wildman–Crippen MR) is 67.4 cm³/mol. The van der Waals surface area contributed by atoms with Crippen molar-refractivity contribution in [2.45, 2.75) is 52.6 Å². The molecule has 0 radical (unpaired) electrons. The summed E-state index contributed by atoms with van der Waals surface area (Å²) in [6.45, 7) is 10.1. The third-order valence-electron chi connectivity index (χ3n) is 3.97. The fourth-order valence-electron chi connectivity index (χ4n) is 2.52. The maximum atomic E-state index is 12.6. The van der Waals surface area contributed by atoms with Crippen LogP contribution in [0, 0.1) is 11.8 Å². The molecule has 0 aromatic rings. The van der Waals surface area contributed by atoms with Crippen LogP contribution in [0.3, 0.4) is 0 Å². The summed E-state index contributed by atoms with van der Waals surface area (Å²) in [5.41, 5.74) is 0. The quantitative estimate of drug-likeness (QED) is 0.804. The van der Waals surface area contributed by atoms with Crippen molar-refractivity contribution in [3.63, 3.8) is 0 Å². The van der Waals surface area contributed by atoms with Crippen molar-refractivity contribution < 1.29 is 8.78 Å². The molecular formula is C13H26F2N2. The van der Waals surface area contributed by atoms with Gasteiger partial charge >= 0.3 is 0 Å². The van der Waals surface area contributed by atoms with Gasteiger partial charge in [-0.25, -0.2) is 8.78 Å². The second-order valence-corrected chi connectivity index (χ2v) is 5.56. The van der Waals surface area contributed by atoms with Crippen LogP contribution in [0.5, 0.6) is 0 Å². The number of halogens is 2. The van der Waals surface area contributed by atoms with Crippen molar-refractivity contribution in [3.8, 4) is 0 Å². The van der Waals surface area contributed by atoms with Crippen molar-refractivity contribution in [2.75, 3.05) is 19.6 Å². The summed E-state index contributed by atoms with van der Waals surface area (Å²) < 4.78 is 25.3. The highest BCUT2D eigenvalue weighted by atomic mass is 19.3. The summed E-state index contributed by atoms with van der Waals surface area (Å²) in [7, 11) is 0. The number of hydrogen-bond acceptors (Lipinski definition) is 2. The first-order valence-corrected chi connectivity index (χ1v) is 6.71. The van der Waals surface area contributed by atoms with E-state index in [0.717, 1.165) is 19.5 Å². The molecule has 0 spiro atoms. The molecule has 0 aromatic carbocycles. The first kappa shape index (κ1) is 14.8. The Hall–Kier alpha value is -0.220. The fraction of sp³-hybridized carbons (Fsp3) is 1.00. The maximum Gasteiger partial charge on any atom is 0.251 e. The number of nitrogens with zero attached hydrogens (tertiary/aromatic N) is 1. The molecule has 0 amide bonds. The Morgan fingerprint density at radius 2 is 1.94 bits per heavy atom. The van der Waals surface area contributed by atoms with E-state index in [1.807, 2.05) is 4.90 Å². The van der Waals surface area contributed by atoms with E-state index in [4.69, 9.17) is 0 Å². The van der Waals surface area contributed by atoms with E-state index in [0.29, 0.717) is 17.9 Å². The molecule has 1 aliphatic heterocycles. The molecular weight excluding hydrogens is 222 g/mol. The van der Waals surface area contributed by atoms with Crippen LogP contribution in [0.1, 0.15) is 34.1 Å². The van der Waals surface area contributed by atoms with Crippen LogP contribution in [-0.4, -0.2) is 43.0 Å². The monoisotopic (exact) mass is 248 g/mol. The second-order valence-electron chi connectivity index (χ2n) is 5.56. The zero-order valence-electron chi connectivity index (χ0n) is 11.4. The molecule has 0 aliphatic carbocycles. The molecule has 1 N–H and O–H groups in total. The minimum absolute atomic E-state index is 0.0834. The van der Waals surface area contributed by atoms with Gasteiger partial charge in [-0.1, -0.05) is 34.1 Å². The van der Waals surface area contributed by atoms with Gasteiger partial charge in [0.05, 0.1) is 6.54 Å². The first-order valence-electron chi connectivity index (χ1n) is 6.71. The normalized spacial score (nSPS) is 28.9. The van der Waals surface area contributed by atoms with E-state index < -0.39 is 6.43 Å². The molecule has 1 heterocycles. The highest BCUT2D eigenvalue weighted by Gasteiger charge is 2.33. The number of hydrogen-bond donors (Lipinski definition) is 1. The minimum Gasteiger partial charge on any atom is -0.311 e.